The number of ether oxygens (including phenoxy) is 1. The largest absolute Gasteiger partial charge is 0.372 e. The summed E-state index contributed by atoms with van der Waals surface area (Å²) in [5.41, 5.74) is 1.80. The minimum atomic E-state index is -0.153. The van der Waals surface area contributed by atoms with E-state index in [-0.39, 0.29) is 18.0 Å². The van der Waals surface area contributed by atoms with E-state index in [9.17, 15) is 4.39 Å². The van der Waals surface area contributed by atoms with Crippen LogP contribution in [0.4, 0.5) is 10.1 Å². The third-order valence-corrected chi connectivity index (χ3v) is 3.49. The molecule has 0 radical (unpaired) electrons. The Morgan fingerprint density at radius 3 is 2.55 bits per heavy atom. The number of anilines is 1. The third kappa shape index (κ3) is 3.93. The van der Waals surface area contributed by atoms with Gasteiger partial charge in [-0.05, 0) is 31.5 Å². The molecular weight excluding hydrogens is 255 g/mol. The standard InChI is InChI=1S/C16H25FN2O/c1-11(2)18-8-14-5-6-15(17)16(7-14)19-9-12(3)20-13(4)10-19/h5-7,11-13,18H,8-10H2,1-4H3. The summed E-state index contributed by atoms with van der Waals surface area (Å²) in [4.78, 5) is 2.09. The smallest absolute Gasteiger partial charge is 0.146 e. The molecule has 1 heterocycles. The van der Waals surface area contributed by atoms with Gasteiger partial charge >= 0.3 is 0 Å². The molecule has 1 aromatic rings. The van der Waals surface area contributed by atoms with Crippen molar-refractivity contribution >= 4 is 5.69 Å². The van der Waals surface area contributed by atoms with Crippen LogP contribution in [0.1, 0.15) is 33.3 Å². The maximum absolute atomic E-state index is 14.1. The Kier molecular flexibility index (Phi) is 5.00. The Morgan fingerprint density at radius 1 is 1.30 bits per heavy atom. The Labute approximate surface area is 121 Å². The van der Waals surface area contributed by atoms with Crippen molar-refractivity contribution < 1.29 is 9.13 Å². The zero-order valence-corrected chi connectivity index (χ0v) is 12.8. The molecule has 1 fully saturated rings. The first kappa shape index (κ1) is 15.3. The Bertz CT molecular complexity index is 440. The fourth-order valence-corrected chi connectivity index (χ4v) is 2.61. The van der Waals surface area contributed by atoms with Crippen LogP contribution in [0, 0.1) is 5.82 Å². The van der Waals surface area contributed by atoms with Crippen LogP contribution in [0.3, 0.4) is 0 Å². The third-order valence-electron chi connectivity index (χ3n) is 3.49. The summed E-state index contributed by atoms with van der Waals surface area (Å²) in [5, 5.41) is 3.36. The molecular formula is C16H25FN2O. The molecule has 4 heteroatoms. The molecule has 0 aliphatic carbocycles. The van der Waals surface area contributed by atoms with Crippen LogP contribution in [0.2, 0.25) is 0 Å². The van der Waals surface area contributed by atoms with E-state index in [0.29, 0.717) is 11.7 Å². The van der Waals surface area contributed by atoms with Crippen molar-refractivity contribution in [3.8, 4) is 0 Å². The molecule has 3 nitrogen and oxygen atoms in total. The van der Waals surface area contributed by atoms with E-state index in [1.807, 2.05) is 26.0 Å². The highest BCUT2D eigenvalue weighted by Gasteiger charge is 2.24. The highest BCUT2D eigenvalue weighted by Crippen LogP contribution is 2.24. The van der Waals surface area contributed by atoms with Gasteiger partial charge in [0.2, 0.25) is 0 Å². The lowest BCUT2D eigenvalue weighted by molar-refractivity contribution is -0.00539. The second-order valence-electron chi connectivity index (χ2n) is 5.98. The molecule has 0 bridgehead atoms. The van der Waals surface area contributed by atoms with Gasteiger partial charge < -0.3 is 15.0 Å². The summed E-state index contributed by atoms with van der Waals surface area (Å²) in [6.07, 6.45) is 0.270. The number of nitrogens with zero attached hydrogens (tertiary/aromatic N) is 1. The van der Waals surface area contributed by atoms with Gasteiger partial charge in [-0.2, -0.15) is 0 Å². The van der Waals surface area contributed by atoms with Crippen LogP contribution in [0.25, 0.3) is 0 Å². The molecule has 2 rings (SSSR count). The molecule has 0 amide bonds. The van der Waals surface area contributed by atoms with Crippen LogP contribution in [-0.2, 0) is 11.3 Å². The molecule has 20 heavy (non-hydrogen) atoms. The topological polar surface area (TPSA) is 24.5 Å². The number of hydrogen-bond donors (Lipinski definition) is 1. The van der Waals surface area contributed by atoms with Gasteiger partial charge in [-0.1, -0.05) is 19.9 Å². The van der Waals surface area contributed by atoms with Crippen molar-refractivity contribution in [3.05, 3.63) is 29.6 Å². The van der Waals surface area contributed by atoms with Crippen LogP contribution in [-0.4, -0.2) is 31.3 Å². The number of morpholine rings is 1. The van der Waals surface area contributed by atoms with Crippen LogP contribution in [0.5, 0.6) is 0 Å². The molecule has 1 aliphatic heterocycles. The van der Waals surface area contributed by atoms with E-state index < -0.39 is 0 Å². The van der Waals surface area contributed by atoms with Crippen molar-refractivity contribution in [1.82, 2.24) is 5.32 Å². The number of nitrogens with one attached hydrogen (secondary N) is 1. The van der Waals surface area contributed by atoms with Crippen molar-refractivity contribution in [2.75, 3.05) is 18.0 Å². The van der Waals surface area contributed by atoms with Crippen molar-refractivity contribution in [2.45, 2.75) is 52.5 Å². The molecule has 2 atom stereocenters. The average molecular weight is 280 g/mol. The van der Waals surface area contributed by atoms with Crippen molar-refractivity contribution in [3.63, 3.8) is 0 Å². The SMILES string of the molecule is CC(C)NCc1ccc(F)c(N2CC(C)OC(C)C2)c1. The predicted molar refractivity (Wildman–Crippen MR) is 80.6 cm³/mol. The van der Waals surface area contributed by atoms with Crippen LogP contribution >= 0.6 is 0 Å². The number of hydrogen-bond acceptors (Lipinski definition) is 3. The van der Waals surface area contributed by atoms with Gasteiger partial charge in [-0.15, -0.1) is 0 Å². The van der Waals surface area contributed by atoms with Gasteiger partial charge in [-0.25, -0.2) is 4.39 Å². The molecule has 0 spiro atoms. The molecule has 1 N–H and O–H groups in total. The second kappa shape index (κ2) is 6.55. The lowest BCUT2D eigenvalue weighted by Gasteiger charge is -2.37. The molecule has 1 aliphatic rings. The second-order valence-corrected chi connectivity index (χ2v) is 5.98. The maximum atomic E-state index is 14.1. The van der Waals surface area contributed by atoms with Gasteiger partial charge in [0, 0.05) is 25.7 Å². The monoisotopic (exact) mass is 280 g/mol. The summed E-state index contributed by atoms with van der Waals surface area (Å²) < 4.78 is 19.8. The highest BCUT2D eigenvalue weighted by molar-refractivity contribution is 5.50. The molecule has 112 valence electrons. The van der Waals surface area contributed by atoms with E-state index in [4.69, 9.17) is 4.74 Å². The lowest BCUT2D eigenvalue weighted by atomic mass is 10.1. The van der Waals surface area contributed by atoms with Gasteiger partial charge in [-0.3, -0.25) is 0 Å². The maximum Gasteiger partial charge on any atom is 0.146 e. The number of benzene rings is 1. The van der Waals surface area contributed by atoms with E-state index >= 15 is 0 Å². The molecule has 0 saturated carbocycles. The fraction of sp³-hybridized carbons (Fsp3) is 0.625. The first-order valence-electron chi connectivity index (χ1n) is 7.38. The van der Waals surface area contributed by atoms with Crippen LogP contribution < -0.4 is 10.2 Å². The van der Waals surface area contributed by atoms with Crippen molar-refractivity contribution in [2.24, 2.45) is 0 Å². The zero-order valence-electron chi connectivity index (χ0n) is 12.8. The summed E-state index contributed by atoms with van der Waals surface area (Å²) >= 11 is 0. The molecule has 1 aromatic carbocycles. The number of halogens is 1. The average Bonchev–Trinajstić information content (AvgIpc) is 2.36. The minimum absolute atomic E-state index is 0.135. The van der Waals surface area contributed by atoms with E-state index in [1.54, 1.807) is 6.07 Å². The molecule has 1 saturated heterocycles. The highest BCUT2D eigenvalue weighted by atomic mass is 19.1. The lowest BCUT2D eigenvalue weighted by Crippen LogP contribution is -2.45. The fourth-order valence-electron chi connectivity index (χ4n) is 2.61. The van der Waals surface area contributed by atoms with Gasteiger partial charge in [0.1, 0.15) is 5.82 Å². The normalized spacial score (nSPS) is 23.4. The summed E-state index contributed by atoms with van der Waals surface area (Å²) in [6.45, 7) is 10.5. The van der Waals surface area contributed by atoms with E-state index in [0.717, 1.165) is 25.2 Å². The zero-order chi connectivity index (χ0) is 14.7. The first-order chi connectivity index (χ1) is 9.45. The van der Waals surface area contributed by atoms with E-state index in [1.165, 1.54) is 0 Å². The summed E-state index contributed by atoms with van der Waals surface area (Å²) in [5.74, 6) is -0.153. The Balaban J connectivity index is 2.15. The predicted octanol–water partition coefficient (Wildman–Crippen LogP) is 2.94. The minimum Gasteiger partial charge on any atom is -0.372 e. The number of rotatable bonds is 4. The molecule has 2 unspecified atom stereocenters. The van der Waals surface area contributed by atoms with Gasteiger partial charge in [0.15, 0.2) is 0 Å². The van der Waals surface area contributed by atoms with E-state index in [2.05, 4.69) is 24.1 Å². The first-order valence-corrected chi connectivity index (χ1v) is 7.38. The Morgan fingerprint density at radius 2 is 1.95 bits per heavy atom. The Hall–Kier alpha value is -1.13. The summed E-state index contributed by atoms with van der Waals surface area (Å²) in [7, 11) is 0. The molecule has 0 aromatic heterocycles. The van der Waals surface area contributed by atoms with Crippen LogP contribution in [0.15, 0.2) is 18.2 Å². The quantitative estimate of drug-likeness (QED) is 0.917. The van der Waals surface area contributed by atoms with Gasteiger partial charge in [0.25, 0.3) is 0 Å². The summed E-state index contributed by atoms with van der Waals surface area (Å²) in [6, 6.07) is 5.79. The van der Waals surface area contributed by atoms with Crippen molar-refractivity contribution in [1.29, 1.82) is 0 Å². The van der Waals surface area contributed by atoms with Gasteiger partial charge in [0.05, 0.1) is 17.9 Å².